The second-order valence-electron chi connectivity index (χ2n) is 3.88. The maximum Gasteiger partial charge on any atom is 0.0876 e. The number of nitrogens with two attached hydrogens (primary N) is 1. The maximum atomic E-state index is 6.18. The Kier molecular flexibility index (Phi) is 3.02. The largest absolute Gasteiger partial charge is 0.501 e. The molecule has 3 heteroatoms. The minimum atomic E-state index is -0.0704. The third-order valence-corrected chi connectivity index (χ3v) is 2.78. The molecule has 0 aromatic carbocycles. The highest BCUT2D eigenvalue weighted by Gasteiger charge is 2.16. The molecule has 1 unspecified atom stereocenters. The van der Waals surface area contributed by atoms with Crippen molar-refractivity contribution < 1.29 is 4.74 Å². The van der Waals surface area contributed by atoms with E-state index >= 15 is 0 Å². The van der Waals surface area contributed by atoms with Crippen LogP contribution >= 0.6 is 0 Å². The van der Waals surface area contributed by atoms with Gasteiger partial charge in [-0.15, -0.1) is 0 Å². The summed E-state index contributed by atoms with van der Waals surface area (Å²) in [6.07, 6.45) is 7.52. The van der Waals surface area contributed by atoms with Crippen LogP contribution in [0.2, 0.25) is 0 Å². The van der Waals surface area contributed by atoms with Crippen molar-refractivity contribution in [1.82, 2.24) is 4.98 Å². The van der Waals surface area contributed by atoms with E-state index in [2.05, 4.69) is 11.9 Å². The Hall–Kier alpha value is -1.35. The minimum Gasteiger partial charge on any atom is -0.501 e. The summed E-state index contributed by atoms with van der Waals surface area (Å²) in [6, 6.07) is 1.92. The monoisotopic (exact) mass is 204 g/mol. The first-order chi connectivity index (χ1) is 7.29. The fourth-order valence-electron chi connectivity index (χ4n) is 1.81. The Balaban J connectivity index is 2.23. The van der Waals surface area contributed by atoms with Crippen molar-refractivity contribution in [3.63, 3.8) is 0 Å². The smallest absolute Gasteiger partial charge is 0.0876 e. The van der Waals surface area contributed by atoms with Crippen LogP contribution in [0.3, 0.4) is 0 Å². The molecule has 1 aliphatic rings. The topological polar surface area (TPSA) is 48.1 Å². The fraction of sp³-hybridized carbons (Fsp3) is 0.417. The normalized spacial score (nSPS) is 17.9. The van der Waals surface area contributed by atoms with E-state index in [1.165, 1.54) is 5.56 Å². The van der Waals surface area contributed by atoms with Gasteiger partial charge in [-0.2, -0.15) is 0 Å². The molecule has 0 fully saturated rings. The maximum absolute atomic E-state index is 6.18. The molecule has 0 radical (unpaired) electrons. The summed E-state index contributed by atoms with van der Waals surface area (Å²) in [4.78, 5) is 4.11. The van der Waals surface area contributed by atoms with Gasteiger partial charge in [0.25, 0.3) is 0 Å². The van der Waals surface area contributed by atoms with Crippen LogP contribution < -0.4 is 5.73 Å². The van der Waals surface area contributed by atoms with Gasteiger partial charge in [-0.3, -0.25) is 4.98 Å². The first kappa shape index (κ1) is 10.2. The van der Waals surface area contributed by atoms with Crippen molar-refractivity contribution in [2.45, 2.75) is 25.8 Å². The SMILES string of the molecule is Cc1ccncc1C(N)C1=COCCC1. The Bertz CT molecular complexity index is 374. The van der Waals surface area contributed by atoms with Crippen LogP contribution in [-0.4, -0.2) is 11.6 Å². The molecule has 3 nitrogen and oxygen atoms in total. The summed E-state index contributed by atoms with van der Waals surface area (Å²) in [5.41, 5.74) is 9.62. The summed E-state index contributed by atoms with van der Waals surface area (Å²) >= 11 is 0. The van der Waals surface area contributed by atoms with E-state index in [9.17, 15) is 0 Å². The Morgan fingerprint density at radius 2 is 2.40 bits per heavy atom. The van der Waals surface area contributed by atoms with Crippen molar-refractivity contribution in [2.24, 2.45) is 5.73 Å². The van der Waals surface area contributed by atoms with E-state index in [1.54, 1.807) is 12.5 Å². The molecule has 0 amide bonds. The standard InChI is InChI=1S/C12H16N2O/c1-9-4-5-14-7-11(9)12(13)10-3-2-6-15-8-10/h4-5,7-8,12H,2-3,6,13H2,1H3. The van der Waals surface area contributed by atoms with Gasteiger partial charge in [-0.1, -0.05) is 0 Å². The van der Waals surface area contributed by atoms with E-state index in [1.807, 2.05) is 12.3 Å². The van der Waals surface area contributed by atoms with Gasteiger partial charge in [0, 0.05) is 12.4 Å². The van der Waals surface area contributed by atoms with Crippen LogP contribution in [-0.2, 0) is 4.74 Å². The molecule has 1 atom stereocenters. The van der Waals surface area contributed by atoms with Gasteiger partial charge in [-0.05, 0) is 42.5 Å². The summed E-state index contributed by atoms with van der Waals surface area (Å²) in [6.45, 7) is 2.86. The zero-order valence-electron chi connectivity index (χ0n) is 8.94. The highest BCUT2D eigenvalue weighted by molar-refractivity contribution is 5.31. The number of aryl methyl sites for hydroxylation is 1. The molecule has 1 aliphatic heterocycles. The van der Waals surface area contributed by atoms with Gasteiger partial charge < -0.3 is 10.5 Å². The van der Waals surface area contributed by atoms with Crippen LogP contribution in [0, 0.1) is 6.92 Å². The van der Waals surface area contributed by atoms with Gasteiger partial charge >= 0.3 is 0 Å². The third kappa shape index (κ3) is 2.18. The molecule has 0 saturated carbocycles. The van der Waals surface area contributed by atoms with Crippen molar-refractivity contribution in [3.8, 4) is 0 Å². The number of hydrogen-bond donors (Lipinski definition) is 1. The number of ether oxygens (including phenoxy) is 1. The molecule has 2 N–H and O–H groups in total. The molecular weight excluding hydrogens is 188 g/mol. The molecule has 0 aliphatic carbocycles. The molecule has 0 saturated heterocycles. The molecule has 15 heavy (non-hydrogen) atoms. The molecule has 80 valence electrons. The minimum absolute atomic E-state index is 0.0704. The molecular formula is C12H16N2O. The lowest BCUT2D eigenvalue weighted by atomic mass is 9.95. The predicted molar refractivity (Wildman–Crippen MR) is 59.2 cm³/mol. The van der Waals surface area contributed by atoms with Crippen LogP contribution in [0.1, 0.15) is 30.0 Å². The quantitative estimate of drug-likeness (QED) is 0.802. The van der Waals surface area contributed by atoms with E-state index in [-0.39, 0.29) is 6.04 Å². The predicted octanol–water partition coefficient (Wildman–Crippen LogP) is 2.08. The lowest BCUT2D eigenvalue weighted by molar-refractivity contribution is 0.221. The Labute approximate surface area is 90.0 Å². The molecule has 1 aromatic heterocycles. The lowest BCUT2D eigenvalue weighted by Gasteiger charge is -2.20. The van der Waals surface area contributed by atoms with Crippen molar-refractivity contribution in [1.29, 1.82) is 0 Å². The number of pyridine rings is 1. The van der Waals surface area contributed by atoms with Crippen molar-refractivity contribution in [2.75, 3.05) is 6.61 Å². The zero-order chi connectivity index (χ0) is 10.7. The lowest BCUT2D eigenvalue weighted by Crippen LogP contribution is -2.17. The Morgan fingerprint density at radius 3 is 3.07 bits per heavy atom. The van der Waals surface area contributed by atoms with Gasteiger partial charge in [0.2, 0.25) is 0 Å². The summed E-state index contributed by atoms with van der Waals surface area (Å²) in [5, 5.41) is 0. The van der Waals surface area contributed by atoms with E-state index in [0.717, 1.165) is 30.6 Å². The second kappa shape index (κ2) is 4.45. The van der Waals surface area contributed by atoms with E-state index in [0.29, 0.717) is 0 Å². The van der Waals surface area contributed by atoms with Gasteiger partial charge in [0.15, 0.2) is 0 Å². The highest BCUT2D eigenvalue weighted by Crippen LogP contribution is 2.26. The average molecular weight is 204 g/mol. The molecule has 0 spiro atoms. The summed E-state index contributed by atoms with van der Waals surface area (Å²) in [7, 11) is 0. The van der Waals surface area contributed by atoms with Crippen LogP contribution in [0.4, 0.5) is 0 Å². The first-order valence-electron chi connectivity index (χ1n) is 5.25. The number of aromatic nitrogens is 1. The summed E-state index contributed by atoms with van der Waals surface area (Å²) < 4.78 is 5.30. The molecule has 0 bridgehead atoms. The average Bonchev–Trinajstić information content (AvgIpc) is 2.30. The van der Waals surface area contributed by atoms with E-state index < -0.39 is 0 Å². The number of nitrogens with zero attached hydrogens (tertiary/aromatic N) is 1. The van der Waals surface area contributed by atoms with Gasteiger partial charge in [0.05, 0.1) is 18.9 Å². The van der Waals surface area contributed by atoms with Crippen LogP contribution in [0.5, 0.6) is 0 Å². The van der Waals surface area contributed by atoms with Crippen molar-refractivity contribution in [3.05, 3.63) is 41.4 Å². The van der Waals surface area contributed by atoms with Gasteiger partial charge in [0.1, 0.15) is 0 Å². The van der Waals surface area contributed by atoms with Crippen LogP contribution in [0.15, 0.2) is 30.3 Å². The third-order valence-electron chi connectivity index (χ3n) is 2.78. The second-order valence-corrected chi connectivity index (χ2v) is 3.88. The summed E-state index contributed by atoms with van der Waals surface area (Å²) in [5.74, 6) is 0. The number of hydrogen-bond acceptors (Lipinski definition) is 3. The van der Waals surface area contributed by atoms with Crippen molar-refractivity contribution >= 4 is 0 Å². The van der Waals surface area contributed by atoms with Gasteiger partial charge in [-0.25, -0.2) is 0 Å². The number of rotatable bonds is 2. The molecule has 2 heterocycles. The fourth-order valence-corrected chi connectivity index (χ4v) is 1.81. The van der Waals surface area contributed by atoms with E-state index in [4.69, 9.17) is 10.5 Å². The molecule has 2 rings (SSSR count). The Morgan fingerprint density at radius 1 is 1.53 bits per heavy atom. The zero-order valence-corrected chi connectivity index (χ0v) is 8.94. The highest BCUT2D eigenvalue weighted by atomic mass is 16.5. The first-order valence-corrected chi connectivity index (χ1v) is 5.25. The molecule has 1 aromatic rings. The van der Waals surface area contributed by atoms with Crippen LogP contribution in [0.25, 0.3) is 0 Å².